The minimum Gasteiger partial charge on any atom is -0.402 e. The predicted molar refractivity (Wildman–Crippen MR) is 120 cm³/mol. The molecule has 0 aliphatic heterocycles. The van der Waals surface area contributed by atoms with E-state index in [9.17, 15) is 0 Å². The third kappa shape index (κ3) is 8.78. The van der Waals surface area contributed by atoms with Crippen molar-refractivity contribution in [3.8, 4) is 0 Å². The van der Waals surface area contributed by atoms with Gasteiger partial charge >= 0.3 is 0 Å². The largest absolute Gasteiger partial charge is 0.402 e. The fraction of sp³-hybridized carbons (Fsp3) is 0.840. The molecule has 0 radical (unpaired) electrons. The first kappa shape index (κ1) is 25.3. The lowest BCUT2D eigenvalue weighted by Crippen LogP contribution is -2.24. The number of rotatable bonds is 15. The molecule has 0 aliphatic rings. The van der Waals surface area contributed by atoms with Gasteiger partial charge < -0.3 is 5.73 Å². The number of allylic oxidation sites excluding steroid dienone is 3. The van der Waals surface area contributed by atoms with Gasteiger partial charge in [-0.3, -0.25) is 0 Å². The van der Waals surface area contributed by atoms with Gasteiger partial charge in [-0.1, -0.05) is 83.9 Å². The van der Waals surface area contributed by atoms with Crippen LogP contribution in [0.4, 0.5) is 0 Å². The molecule has 0 bridgehead atoms. The van der Waals surface area contributed by atoms with Crippen molar-refractivity contribution in [1.82, 2.24) is 0 Å². The van der Waals surface area contributed by atoms with E-state index >= 15 is 0 Å². The van der Waals surface area contributed by atoms with Crippen LogP contribution in [0.1, 0.15) is 126 Å². The highest BCUT2D eigenvalue weighted by Crippen LogP contribution is 2.40. The lowest BCUT2D eigenvalue weighted by atomic mass is 9.72. The highest BCUT2D eigenvalue weighted by Gasteiger charge is 2.27. The summed E-state index contributed by atoms with van der Waals surface area (Å²) in [7, 11) is 0. The van der Waals surface area contributed by atoms with Gasteiger partial charge in [0.15, 0.2) is 0 Å². The van der Waals surface area contributed by atoms with E-state index in [4.69, 9.17) is 5.73 Å². The SMILES string of the molecule is C=C(N)C(C)(CCC)CCCCC(CC)(CC)CCCCC(C)=C(C)C. The first-order valence-corrected chi connectivity index (χ1v) is 11.2. The topological polar surface area (TPSA) is 26.0 Å². The van der Waals surface area contributed by atoms with Crippen LogP contribution in [-0.2, 0) is 0 Å². The Morgan fingerprint density at radius 1 is 0.808 bits per heavy atom. The Hall–Kier alpha value is -0.720. The summed E-state index contributed by atoms with van der Waals surface area (Å²) in [5, 5.41) is 0. The second kappa shape index (κ2) is 12.6. The van der Waals surface area contributed by atoms with Crippen LogP contribution in [0.25, 0.3) is 0 Å². The molecule has 0 fully saturated rings. The molecular formula is C25H49N. The number of unbranched alkanes of at least 4 members (excludes halogenated alkanes) is 2. The van der Waals surface area contributed by atoms with Crippen molar-refractivity contribution in [3.63, 3.8) is 0 Å². The van der Waals surface area contributed by atoms with E-state index in [0.717, 1.165) is 5.70 Å². The number of hydrogen-bond donors (Lipinski definition) is 1. The maximum Gasteiger partial charge on any atom is 0.00676 e. The van der Waals surface area contributed by atoms with Gasteiger partial charge in [0.25, 0.3) is 0 Å². The molecule has 0 aliphatic carbocycles. The van der Waals surface area contributed by atoms with Crippen molar-refractivity contribution < 1.29 is 0 Å². The van der Waals surface area contributed by atoms with Gasteiger partial charge in [0.2, 0.25) is 0 Å². The van der Waals surface area contributed by atoms with E-state index < -0.39 is 0 Å². The summed E-state index contributed by atoms with van der Waals surface area (Å²) in [4.78, 5) is 0. The molecule has 0 saturated carbocycles. The van der Waals surface area contributed by atoms with E-state index in [1.54, 1.807) is 5.57 Å². The average molecular weight is 364 g/mol. The van der Waals surface area contributed by atoms with E-state index in [1.165, 1.54) is 82.6 Å². The molecule has 0 heterocycles. The molecule has 0 amide bonds. The molecule has 0 aromatic heterocycles. The molecule has 0 spiro atoms. The first-order chi connectivity index (χ1) is 12.2. The minimum atomic E-state index is 0.137. The van der Waals surface area contributed by atoms with Gasteiger partial charge in [-0.2, -0.15) is 0 Å². The molecule has 154 valence electrons. The van der Waals surface area contributed by atoms with E-state index in [0.29, 0.717) is 5.41 Å². The normalized spacial score (nSPS) is 14.1. The first-order valence-electron chi connectivity index (χ1n) is 11.2. The Labute approximate surface area is 165 Å². The average Bonchev–Trinajstić information content (AvgIpc) is 2.60. The summed E-state index contributed by atoms with van der Waals surface area (Å²) < 4.78 is 0. The Balaban J connectivity index is 4.44. The van der Waals surface area contributed by atoms with Crippen LogP contribution in [0.2, 0.25) is 0 Å². The summed E-state index contributed by atoms with van der Waals surface area (Å²) in [6, 6.07) is 0. The quantitative estimate of drug-likeness (QED) is 0.229. The van der Waals surface area contributed by atoms with Gasteiger partial charge in [0.1, 0.15) is 0 Å². The van der Waals surface area contributed by atoms with Crippen LogP contribution in [0, 0.1) is 10.8 Å². The zero-order chi connectivity index (χ0) is 20.2. The zero-order valence-electron chi connectivity index (χ0n) is 19.3. The van der Waals surface area contributed by atoms with Crippen molar-refractivity contribution in [2.24, 2.45) is 16.6 Å². The van der Waals surface area contributed by atoms with Crippen molar-refractivity contribution >= 4 is 0 Å². The van der Waals surface area contributed by atoms with E-state index in [2.05, 4.69) is 55.0 Å². The maximum absolute atomic E-state index is 6.11. The molecular weight excluding hydrogens is 314 g/mol. The van der Waals surface area contributed by atoms with Crippen molar-refractivity contribution in [3.05, 3.63) is 23.4 Å². The van der Waals surface area contributed by atoms with Gasteiger partial charge in [-0.15, -0.1) is 0 Å². The Kier molecular flexibility index (Phi) is 12.3. The molecule has 0 aromatic rings. The lowest BCUT2D eigenvalue weighted by Gasteiger charge is -2.33. The van der Waals surface area contributed by atoms with Crippen LogP contribution in [0.5, 0.6) is 0 Å². The monoisotopic (exact) mass is 363 g/mol. The summed E-state index contributed by atoms with van der Waals surface area (Å²) in [5.74, 6) is 0. The van der Waals surface area contributed by atoms with Gasteiger partial charge in [0.05, 0.1) is 0 Å². The van der Waals surface area contributed by atoms with Gasteiger partial charge in [-0.05, 0) is 64.7 Å². The second-order valence-electron chi connectivity index (χ2n) is 9.24. The molecule has 1 atom stereocenters. The molecule has 1 nitrogen and oxygen atoms in total. The predicted octanol–water partition coefficient (Wildman–Crippen LogP) is 8.55. The fourth-order valence-corrected chi connectivity index (χ4v) is 4.24. The molecule has 0 rings (SSSR count). The molecule has 1 heteroatoms. The zero-order valence-corrected chi connectivity index (χ0v) is 19.3. The third-order valence-corrected chi connectivity index (χ3v) is 7.13. The second-order valence-corrected chi connectivity index (χ2v) is 9.24. The highest BCUT2D eigenvalue weighted by molar-refractivity contribution is 5.06. The standard InChI is InChI=1S/C25H49N/c1-9-17-24(8,23(7)26)18-14-15-20-25(10-2,11-3)19-13-12-16-22(6)21(4)5/h7,9-20,26H2,1-6,8H3. The van der Waals surface area contributed by atoms with Crippen LogP contribution < -0.4 is 5.73 Å². The summed E-state index contributed by atoms with van der Waals surface area (Å²) in [6.45, 7) is 20.2. The molecule has 1 unspecified atom stereocenters. The molecule has 2 N–H and O–H groups in total. The number of nitrogens with two attached hydrogens (primary N) is 1. The Bertz CT molecular complexity index is 423. The Morgan fingerprint density at radius 3 is 1.73 bits per heavy atom. The van der Waals surface area contributed by atoms with Crippen molar-refractivity contribution in [1.29, 1.82) is 0 Å². The van der Waals surface area contributed by atoms with Crippen LogP contribution in [0.3, 0.4) is 0 Å². The number of hydrogen-bond acceptors (Lipinski definition) is 1. The summed E-state index contributed by atoms with van der Waals surface area (Å²) in [5.41, 5.74) is 10.8. The van der Waals surface area contributed by atoms with Gasteiger partial charge in [0, 0.05) is 11.1 Å². The summed E-state index contributed by atoms with van der Waals surface area (Å²) in [6.07, 6.45) is 15.6. The minimum absolute atomic E-state index is 0.137. The van der Waals surface area contributed by atoms with Crippen molar-refractivity contribution in [2.75, 3.05) is 0 Å². The summed E-state index contributed by atoms with van der Waals surface area (Å²) >= 11 is 0. The highest BCUT2D eigenvalue weighted by atomic mass is 14.6. The smallest absolute Gasteiger partial charge is 0.00676 e. The molecule has 0 saturated heterocycles. The van der Waals surface area contributed by atoms with E-state index in [1.807, 2.05) is 0 Å². The van der Waals surface area contributed by atoms with Crippen LogP contribution in [0.15, 0.2) is 23.4 Å². The Morgan fingerprint density at radius 2 is 1.31 bits per heavy atom. The van der Waals surface area contributed by atoms with Crippen molar-refractivity contribution in [2.45, 2.75) is 126 Å². The fourth-order valence-electron chi connectivity index (χ4n) is 4.24. The maximum atomic E-state index is 6.11. The van der Waals surface area contributed by atoms with E-state index in [-0.39, 0.29) is 5.41 Å². The van der Waals surface area contributed by atoms with Crippen LogP contribution >= 0.6 is 0 Å². The third-order valence-electron chi connectivity index (χ3n) is 7.13. The van der Waals surface area contributed by atoms with Crippen LogP contribution in [-0.4, -0.2) is 0 Å². The molecule has 0 aromatic carbocycles. The van der Waals surface area contributed by atoms with Gasteiger partial charge in [-0.25, -0.2) is 0 Å². The lowest BCUT2D eigenvalue weighted by molar-refractivity contribution is 0.197. The molecule has 26 heavy (non-hydrogen) atoms.